The summed E-state index contributed by atoms with van der Waals surface area (Å²) in [5.41, 5.74) is 0.837. The van der Waals surface area contributed by atoms with Crippen LogP contribution in [0.3, 0.4) is 0 Å². The van der Waals surface area contributed by atoms with Gasteiger partial charge in [0.15, 0.2) is 5.15 Å². The highest BCUT2D eigenvalue weighted by Crippen LogP contribution is 2.26. The average molecular weight is 468 g/mol. The molecule has 0 saturated heterocycles. The quantitative estimate of drug-likeness (QED) is 0.595. The van der Waals surface area contributed by atoms with Gasteiger partial charge in [0.2, 0.25) is 15.9 Å². The second-order valence-electron chi connectivity index (χ2n) is 6.59. The maximum Gasteiger partial charge on any atom is 0.389 e. The normalized spacial score (nSPS) is 13.5. The van der Waals surface area contributed by atoms with Crippen LogP contribution in [0, 0.1) is 0 Å². The Bertz CT molecular complexity index is 982. The standard InChI is InChI=1S/C17H21ClF3N5O3S/c1-12(25(3)30(28,29)9-5-7-17(19,20)21)16(27)24(2)14-11-26(23-15(14)18)13-6-4-8-22-10-13/h4,6,8,10-12H,5,7,9H2,1-3H3. The molecule has 0 fully saturated rings. The molecule has 2 heterocycles. The van der Waals surface area contributed by atoms with E-state index in [1.165, 1.54) is 24.9 Å². The van der Waals surface area contributed by atoms with E-state index in [0.717, 1.165) is 16.3 Å². The first kappa shape index (κ1) is 24.1. The van der Waals surface area contributed by atoms with Gasteiger partial charge in [0.1, 0.15) is 11.7 Å². The van der Waals surface area contributed by atoms with Crippen molar-refractivity contribution >= 4 is 33.2 Å². The molecule has 13 heteroatoms. The van der Waals surface area contributed by atoms with Crippen LogP contribution < -0.4 is 4.90 Å². The van der Waals surface area contributed by atoms with Crippen molar-refractivity contribution in [3.05, 3.63) is 35.9 Å². The van der Waals surface area contributed by atoms with Gasteiger partial charge in [-0.3, -0.25) is 9.78 Å². The first-order valence-corrected chi connectivity index (χ1v) is 10.8. The molecular formula is C17H21ClF3N5O3S. The molecule has 0 bridgehead atoms. The molecule has 2 aromatic heterocycles. The molecule has 166 valence electrons. The highest BCUT2D eigenvalue weighted by Gasteiger charge is 2.33. The molecule has 0 aromatic carbocycles. The number of rotatable bonds is 8. The van der Waals surface area contributed by atoms with E-state index in [1.54, 1.807) is 24.5 Å². The Labute approximate surface area is 177 Å². The van der Waals surface area contributed by atoms with Gasteiger partial charge in [0, 0.05) is 26.7 Å². The van der Waals surface area contributed by atoms with Crippen LogP contribution in [-0.4, -0.2) is 65.5 Å². The number of carbonyl (C=O) groups excluding carboxylic acids is 1. The third kappa shape index (κ3) is 5.92. The van der Waals surface area contributed by atoms with Gasteiger partial charge >= 0.3 is 6.18 Å². The summed E-state index contributed by atoms with van der Waals surface area (Å²) in [6, 6.07) is 2.26. The third-order valence-corrected chi connectivity index (χ3v) is 6.73. The number of hydrogen-bond acceptors (Lipinski definition) is 5. The van der Waals surface area contributed by atoms with E-state index in [-0.39, 0.29) is 10.8 Å². The third-order valence-electron chi connectivity index (χ3n) is 4.46. The van der Waals surface area contributed by atoms with E-state index in [0.29, 0.717) is 5.69 Å². The predicted molar refractivity (Wildman–Crippen MR) is 106 cm³/mol. The summed E-state index contributed by atoms with van der Waals surface area (Å²) in [5, 5.41) is 4.12. The highest BCUT2D eigenvalue weighted by atomic mass is 35.5. The van der Waals surface area contributed by atoms with Gasteiger partial charge in [0.25, 0.3) is 0 Å². The van der Waals surface area contributed by atoms with Crippen molar-refractivity contribution in [3.8, 4) is 5.69 Å². The van der Waals surface area contributed by atoms with E-state index >= 15 is 0 Å². The summed E-state index contributed by atoms with van der Waals surface area (Å²) < 4.78 is 63.7. The lowest BCUT2D eigenvalue weighted by atomic mass is 10.3. The molecule has 2 aromatic rings. The fourth-order valence-electron chi connectivity index (χ4n) is 2.58. The Morgan fingerprint density at radius 1 is 1.33 bits per heavy atom. The minimum Gasteiger partial charge on any atom is -0.310 e. The topological polar surface area (TPSA) is 88.4 Å². The molecule has 8 nitrogen and oxygen atoms in total. The first-order valence-electron chi connectivity index (χ1n) is 8.79. The lowest BCUT2D eigenvalue weighted by Crippen LogP contribution is -2.47. The van der Waals surface area contributed by atoms with Crippen molar-refractivity contribution in [1.82, 2.24) is 19.1 Å². The largest absolute Gasteiger partial charge is 0.389 e. The molecule has 1 amide bonds. The molecule has 0 spiro atoms. The minimum absolute atomic E-state index is 0.0117. The van der Waals surface area contributed by atoms with Crippen molar-refractivity contribution in [2.75, 3.05) is 24.7 Å². The van der Waals surface area contributed by atoms with Crippen LogP contribution >= 0.6 is 11.6 Å². The molecule has 0 radical (unpaired) electrons. The molecule has 0 aliphatic heterocycles. The van der Waals surface area contributed by atoms with E-state index in [4.69, 9.17) is 11.6 Å². The zero-order valence-electron chi connectivity index (χ0n) is 16.5. The average Bonchev–Trinajstić information content (AvgIpc) is 3.06. The van der Waals surface area contributed by atoms with Gasteiger partial charge in [-0.1, -0.05) is 11.6 Å². The number of amides is 1. The second-order valence-corrected chi connectivity index (χ2v) is 9.09. The Hall–Kier alpha value is -2.18. The summed E-state index contributed by atoms with van der Waals surface area (Å²) in [6.07, 6.45) is -1.64. The number of carbonyl (C=O) groups is 1. The second kappa shape index (κ2) is 9.31. The van der Waals surface area contributed by atoms with E-state index in [9.17, 15) is 26.4 Å². The number of halogens is 4. The number of sulfonamides is 1. The van der Waals surface area contributed by atoms with Gasteiger partial charge < -0.3 is 4.90 Å². The van der Waals surface area contributed by atoms with Crippen LogP contribution in [0.5, 0.6) is 0 Å². The van der Waals surface area contributed by atoms with Crippen molar-refractivity contribution in [2.45, 2.75) is 32.0 Å². The Morgan fingerprint density at radius 3 is 2.57 bits per heavy atom. The van der Waals surface area contributed by atoms with Crippen LogP contribution in [-0.2, 0) is 14.8 Å². The summed E-state index contributed by atoms with van der Waals surface area (Å²) >= 11 is 6.13. The first-order chi connectivity index (χ1) is 13.8. The number of nitrogens with zero attached hydrogens (tertiary/aromatic N) is 5. The zero-order valence-corrected chi connectivity index (χ0v) is 18.0. The molecule has 1 atom stereocenters. The van der Waals surface area contributed by atoms with Gasteiger partial charge in [-0.25, -0.2) is 13.1 Å². The number of hydrogen-bond donors (Lipinski definition) is 0. The molecule has 0 saturated carbocycles. The maximum atomic E-state index is 12.8. The molecule has 0 aliphatic rings. The van der Waals surface area contributed by atoms with Crippen LogP contribution in [0.1, 0.15) is 19.8 Å². The SMILES string of the molecule is CC(C(=O)N(C)c1cn(-c2cccnc2)nc1Cl)N(C)S(=O)(=O)CCCC(F)(F)F. The summed E-state index contributed by atoms with van der Waals surface area (Å²) in [4.78, 5) is 17.9. The fraction of sp³-hybridized carbons (Fsp3) is 0.471. The monoisotopic (exact) mass is 467 g/mol. The van der Waals surface area contributed by atoms with E-state index < -0.39 is 46.7 Å². The Kier molecular flexibility index (Phi) is 7.48. The van der Waals surface area contributed by atoms with Crippen molar-refractivity contribution in [1.29, 1.82) is 0 Å². The molecule has 30 heavy (non-hydrogen) atoms. The maximum absolute atomic E-state index is 12.8. The predicted octanol–water partition coefficient (Wildman–Crippen LogP) is 2.88. The molecule has 1 unspecified atom stereocenters. The number of pyridine rings is 1. The number of likely N-dealkylation sites (N-methyl/N-ethyl adjacent to an activating group) is 2. The molecular weight excluding hydrogens is 447 g/mol. The van der Waals surface area contributed by atoms with Crippen LogP contribution in [0.2, 0.25) is 5.15 Å². The van der Waals surface area contributed by atoms with Gasteiger partial charge in [0.05, 0.1) is 23.8 Å². The highest BCUT2D eigenvalue weighted by molar-refractivity contribution is 7.89. The van der Waals surface area contributed by atoms with E-state index in [2.05, 4.69) is 10.1 Å². The molecule has 0 aliphatic carbocycles. The lowest BCUT2D eigenvalue weighted by Gasteiger charge is -2.27. The summed E-state index contributed by atoms with van der Waals surface area (Å²) in [7, 11) is -1.51. The minimum atomic E-state index is -4.44. The Balaban J connectivity index is 2.12. The van der Waals surface area contributed by atoms with Crippen molar-refractivity contribution < 1.29 is 26.4 Å². The zero-order chi connectivity index (χ0) is 22.7. The smallest absolute Gasteiger partial charge is 0.310 e. The van der Waals surface area contributed by atoms with Gasteiger partial charge in [-0.15, -0.1) is 0 Å². The number of anilines is 1. The molecule has 2 rings (SSSR count). The van der Waals surface area contributed by atoms with Gasteiger partial charge in [-0.05, 0) is 25.5 Å². The number of aromatic nitrogens is 3. The van der Waals surface area contributed by atoms with Crippen LogP contribution in [0.4, 0.5) is 18.9 Å². The number of alkyl halides is 3. The molecule has 0 N–H and O–H groups in total. The Morgan fingerprint density at radius 2 is 2.00 bits per heavy atom. The van der Waals surface area contributed by atoms with E-state index in [1.807, 2.05) is 0 Å². The lowest BCUT2D eigenvalue weighted by molar-refractivity contribution is -0.134. The summed E-state index contributed by atoms with van der Waals surface area (Å²) in [5.74, 6) is -1.34. The summed E-state index contributed by atoms with van der Waals surface area (Å²) in [6.45, 7) is 1.35. The van der Waals surface area contributed by atoms with Crippen molar-refractivity contribution in [3.63, 3.8) is 0 Å². The van der Waals surface area contributed by atoms with Crippen LogP contribution in [0.15, 0.2) is 30.7 Å². The van der Waals surface area contributed by atoms with Gasteiger partial charge in [-0.2, -0.15) is 22.6 Å². The van der Waals surface area contributed by atoms with Crippen molar-refractivity contribution in [2.24, 2.45) is 0 Å². The van der Waals surface area contributed by atoms with Crippen LogP contribution in [0.25, 0.3) is 5.69 Å². The fourth-order valence-corrected chi connectivity index (χ4v) is 4.21.